The first-order chi connectivity index (χ1) is 7.16. The summed E-state index contributed by atoms with van der Waals surface area (Å²) in [5.41, 5.74) is 2.61. The number of aromatic nitrogens is 2. The third-order valence-corrected chi connectivity index (χ3v) is 5.16. The normalized spacial score (nSPS) is 10.6. The summed E-state index contributed by atoms with van der Waals surface area (Å²) in [6.07, 6.45) is 1.89. The molecule has 0 saturated carbocycles. The maximum Gasteiger partial charge on any atom is 0.132 e. The topological polar surface area (TPSA) is 17.8 Å². The summed E-state index contributed by atoms with van der Waals surface area (Å²) in [4.78, 5) is 4.27. The molecule has 2 nitrogen and oxygen atoms in total. The molecule has 1 heterocycles. The Morgan fingerprint density at radius 1 is 1.20 bits per heavy atom. The minimum atomic E-state index is 0.897. The van der Waals surface area contributed by atoms with Crippen LogP contribution in [0.3, 0.4) is 0 Å². The lowest BCUT2D eigenvalue weighted by atomic mass is 10.1. The zero-order valence-corrected chi connectivity index (χ0v) is 12.6. The van der Waals surface area contributed by atoms with E-state index in [1.54, 1.807) is 0 Å². The van der Waals surface area contributed by atoms with Crippen molar-refractivity contribution in [2.45, 2.75) is 13.5 Å². The lowest BCUT2D eigenvalue weighted by Crippen LogP contribution is -2.00. The molecule has 0 aliphatic heterocycles. The third-order valence-electron chi connectivity index (χ3n) is 2.21. The summed E-state index contributed by atoms with van der Waals surface area (Å²) < 4.78 is 4.43. The van der Waals surface area contributed by atoms with Gasteiger partial charge in [0, 0.05) is 6.54 Å². The molecular formula is C11H10I2N2. The van der Waals surface area contributed by atoms with Crippen LogP contribution in [-0.4, -0.2) is 9.55 Å². The van der Waals surface area contributed by atoms with Gasteiger partial charge in [0.15, 0.2) is 0 Å². The monoisotopic (exact) mass is 424 g/mol. The maximum absolute atomic E-state index is 4.27. The largest absolute Gasteiger partial charge is 0.321 e. The first kappa shape index (κ1) is 11.4. The van der Waals surface area contributed by atoms with Gasteiger partial charge in [-0.1, -0.05) is 29.8 Å². The zero-order chi connectivity index (χ0) is 10.8. The SMILES string of the molecule is Cc1ccc(Cn2cnc(I)c2I)cc1. The Balaban J connectivity index is 2.22. The van der Waals surface area contributed by atoms with Gasteiger partial charge in [0.2, 0.25) is 0 Å². The van der Waals surface area contributed by atoms with Gasteiger partial charge >= 0.3 is 0 Å². The highest BCUT2D eigenvalue weighted by Crippen LogP contribution is 2.15. The van der Waals surface area contributed by atoms with Gasteiger partial charge < -0.3 is 4.57 Å². The summed E-state index contributed by atoms with van der Waals surface area (Å²) in [6.45, 7) is 3.00. The van der Waals surface area contributed by atoms with Crippen molar-refractivity contribution in [3.63, 3.8) is 0 Å². The molecule has 15 heavy (non-hydrogen) atoms. The van der Waals surface area contributed by atoms with Crippen molar-refractivity contribution in [3.8, 4) is 0 Å². The van der Waals surface area contributed by atoms with E-state index in [9.17, 15) is 0 Å². The van der Waals surface area contributed by atoms with Gasteiger partial charge in [-0.25, -0.2) is 4.98 Å². The minimum Gasteiger partial charge on any atom is -0.321 e. The first-order valence-corrected chi connectivity index (χ1v) is 6.74. The van der Waals surface area contributed by atoms with Gasteiger partial charge in [-0.05, 0) is 57.7 Å². The van der Waals surface area contributed by atoms with E-state index < -0.39 is 0 Å². The first-order valence-electron chi connectivity index (χ1n) is 4.58. The molecule has 0 atom stereocenters. The van der Waals surface area contributed by atoms with Crippen molar-refractivity contribution in [2.75, 3.05) is 0 Å². The predicted molar refractivity (Wildman–Crippen MR) is 77.9 cm³/mol. The van der Waals surface area contributed by atoms with Crippen LogP contribution in [0.1, 0.15) is 11.1 Å². The second-order valence-electron chi connectivity index (χ2n) is 3.44. The lowest BCUT2D eigenvalue weighted by molar-refractivity contribution is 0.777. The molecule has 1 aromatic heterocycles. The molecule has 0 saturated heterocycles. The van der Waals surface area contributed by atoms with E-state index >= 15 is 0 Å². The van der Waals surface area contributed by atoms with Crippen molar-refractivity contribution >= 4 is 45.2 Å². The Morgan fingerprint density at radius 3 is 2.40 bits per heavy atom. The van der Waals surface area contributed by atoms with Crippen LogP contribution >= 0.6 is 45.2 Å². The van der Waals surface area contributed by atoms with Crippen LogP contribution < -0.4 is 0 Å². The Bertz CT molecular complexity index is 460. The van der Waals surface area contributed by atoms with Crippen LogP contribution in [-0.2, 0) is 6.54 Å². The van der Waals surface area contributed by atoms with Gasteiger partial charge in [-0.15, -0.1) is 0 Å². The molecule has 0 N–H and O–H groups in total. The fourth-order valence-corrected chi connectivity index (χ4v) is 2.21. The molecule has 0 radical (unpaired) electrons. The summed E-state index contributed by atoms with van der Waals surface area (Å²) in [5, 5.41) is 0. The molecule has 0 amide bonds. The van der Waals surface area contributed by atoms with Crippen molar-refractivity contribution in [1.29, 1.82) is 0 Å². The van der Waals surface area contributed by atoms with E-state index in [0.717, 1.165) is 10.2 Å². The molecule has 4 heteroatoms. The molecule has 0 unspecified atom stereocenters. The number of halogens is 2. The van der Waals surface area contributed by atoms with Gasteiger partial charge in [-0.3, -0.25) is 0 Å². The number of imidazole rings is 1. The Kier molecular flexibility index (Phi) is 3.65. The highest BCUT2D eigenvalue weighted by Gasteiger charge is 2.04. The minimum absolute atomic E-state index is 0.897. The second kappa shape index (κ2) is 4.82. The lowest BCUT2D eigenvalue weighted by Gasteiger charge is -2.04. The summed E-state index contributed by atoms with van der Waals surface area (Å²) >= 11 is 4.58. The van der Waals surface area contributed by atoms with E-state index in [1.165, 1.54) is 14.8 Å². The van der Waals surface area contributed by atoms with Crippen LogP contribution in [0.2, 0.25) is 0 Å². The third kappa shape index (κ3) is 2.72. The Labute approximate surface area is 116 Å². The molecular weight excluding hydrogens is 414 g/mol. The summed E-state index contributed by atoms with van der Waals surface area (Å²) in [6, 6.07) is 8.62. The second-order valence-corrected chi connectivity index (χ2v) is 5.48. The Hall–Kier alpha value is -0.110. The van der Waals surface area contributed by atoms with Crippen molar-refractivity contribution < 1.29 is 0 Å². The van der Waals surface area contributed by atoms with Crippen LogP contribution in [0.15, 0.2) is 30.6 Å². The van der Waals surface area contributed by atoms with Gasteiger partial charge in [-0.2, -0.15) is 0 Å². The molecule has 2 aromatic rings. The van der Waals surface area contributed by atoms with E-state index in [0.29, 0.717) is 0 Å². The molecule has 0 aliphatic carbocycles. The van der Waals surface area contributed by atoms with E-state index in [-0.39, 0.29) is 0 Å². The molecule has 0 bridgehead atoms. The standard InChI is InChI=1S/C11H10I2N2/c1-8-2-4-9(5-3-8)6-15-7-14-10(12)11(15)13/h2-5,7H,6H2,1H3. The average molecular weight is 424 g/mol. The van der Waals surface area contributed by atoms with Crippen LogP contribution in [0.25, 0.3) is 0 Å². The van der Waals surface area contributed by atoms with E-state index in [4.69, 9.17) is 0 Å². The highest BCUT2D eigenvalue weighted by atomic mass is 127. The number of benzene rings is 1. The van der Waals surface area contributed by atoms with Crippen molar-refractivity contribution in [1.82, 2.24) is 9.55 Å². The summed E-state index contributed by atoms with van der Waals surface area (Å²) in [7, 11) is 0. The number of hydrogen-bond acceptors (Lipinski definition) is 1. The molecule has 2 rings (SSSR count). The van der Waals surface area contributed by atoms with Gasteiger partial charge in [0.25, 0.3) is 0 Å². The van der Waals surface area contributed by atoms with E-state index in [1.807, 2.05) is 6.33 Å². The number of hydrogen-bond donors (Lipinski definition) is 0. The molecule has 0 aliphatic rings. The molecule has 0 fully saturated rings. The molecule has 1 aromatic carbocycles. The Morgan fingerprint density at radius 2 is 1.87 bits per heavy atom. The van der Waals surface area contributed by atoms with Crippen LogP contribution in [0, 0.1) is 14.3 Å². The van der Waals surface area contributed by atoms with Crippen LogP contribution in [0.5, 0.6) is 0 Å². The number of nitrogens with zero attached hydrogens (tertiary/aromatic N) is 2. The summed E-state index contributed by atoms with van der Waals surface area (Å²) in [5.74, 6) is 0. The fourth-order valence-electron chi connectivity index (χ4n) is 1.34. The van der Waals surface area contributed by atoms with Crippen LogP contribution in [0.4, 0.5) is 0 Å². The highest BCUT2D eigenvalue weighted by molar-refractivity contribution is 14.1. The quantitative estimate of drug-likeness (QED) is 0.676. The molecule has 0 spiro atoms. The average Bonchev–Trinajstić information content (AvgIpc) is 2.53. The predicted octanol–water partition coefficient (Wildman–Crippen LogP) is 3.45. The van der Waals surface area contributed by atoms with Gasteiger partial charge in [0.05, 0.1) is 6.33 Å². The fraction of sp³-hybridized carbons (Fsp3) is 0.182. The van der Waals surface area contributed by atoms with Crippen molar-refractivity contribution in [3.05, 3.63) is 49.1 Å². The zero-order valence-electron chi connectivity index (χ0n) is 8.24. The van der Waals surface area contributed by atoms with E-state index in [2.05, 4.69) is 85.9 Å². The number of aryl methyl sites for hydroxylation is 1. The smallest absolute Gasteiger partial charge is 0.132 e. The van der Waals surface area contributed by atoms with Gasteiger partial charge in [0.1, 0.15) is 7.40 Å². The number of rotatable bonds is 2. The molecule has 78 valence electrons. The van der Waals surface area contributed by atoms with Crippen molar-refractivity contribution in [2.24, 2.45) is 0 Å². The maximum atomic E-state index is 4.27.